The van der Waals surface area contributed by atoms with Crippen LogP contribution in [-0.2, 0) is 19.6 Å². The zero-order valence-electron chi connectivity index (χ0n) is 15.6. The standard InChI is InChI=1S/C19H22N2O5S/c1-13-10-11-16(27(24,25)21(3)4)12-17(13)19(23)26-14(2)18(22)20-15-8-6-5-7-9-15/h5-12,14H,1-4H3,(H,20,22)/t14-/m0/s1. The van der Waals surface area contributed by atoms with Crippen LogP contribution in [0.3, 0.4) is 0 Å². The molecule has 0 saturated carbocycles. The molecule has 27 heavy (non-hydrogen) atoms. The Kier molecular flexibility index (Phi) is 6.35. The Morgan fingerprint density at radius 1 is 1.07 bits per heavy atom. The number of nitrogens with zero attached hydrogens (tertiary/aromatic N) is 1. The summed E-state index contributed by atoms with van der Waals surface area (Å²) in [6.45, 7) is 3.11. The molecule has 0 aliphatic carbocycles. The third-order valence-corrected chi connectivity index (χ3v) is 5.71. The van der Waals surface area contributed by atoms with Crippen LogP contribution in [0.5, 0.6) is 0 Å². The molecule has 8 heteroatoms. The van der Waals surface area contributed by atoms with Crippen molar-refractivity contribution in [3.05, 3.63) is 59.7 Å². The Balaban J connectivity index is 2.16. The molecule has 0 heterocycles. The zero-order valence-corrected chi connectivity index (χ0v) is 16.4. The van der Waals surface area contributed by atoms with Gasteiger partial charge in [0.25, 0.3) is 5.91 Å². The molecule has 0 fully saturated rings. The average molecular weight is 390 g/mol. The van der Waals surface area contributed by atoms with Gasteiger partial charge in [0.15, 0.2) is 6.10 Å². The molecule has 1 N–H and O–H groups in total. The van der Waals surface area contributed by atoms with Crippen LogP contribution in [0.25, 0.3) is 0 Å². The summed E-state index contributed by atoms with van der Waals surface area (Å²) in [4.78, 5) is 24.6. The molecular formula is C19H22N2O5S. The summed E-state index contributed by atoms with van der Waals surface area (Å²) in [5.41, 5.74) is 1.23. The van der Waals surface area contributed by atoms with Crippen LogP contribution in [0.1, 0.15) is 22.8 Å². The first-order valence-corrected chi connectivity index (χ1v) is 9.67. The number of benzene rings is 2. The number of anilines is 1. The van der Waals surface area contributed by atoms with Gasteiger partial charge < -0.3 is 10.1 Å². The maximum Gasteiger partial charge on any atom is 0.339 e. The molecule has 0 saturated heterocycles. The number of carbonyl (C=O) groups excluding carboxylic acids is 2. The lowest BCUT2D eigenvalue weighted by atomic mass is 10.1. The van der Waals surface area contributed by atoms with Crippen LogP contribution < -0.4 is 5.32 Å². The fourth-order valence-electron chi connectivity index (χ4n) is 2.24. The van der Waals surface area contributed by atoms with Gasteiger partial charge in [0.05, 0.1) is 10.5 Å². The van der Waals surface area contributed by atoms with E-state index in [9.17, 15) is 18.0 Å². The molecule has 7 nitrogen and oxygen atoms in total. The van der Waals surface area contributed by atoms with Crippen LogP contribution in [0.4, 0.5) is 5.69 Å². The molecule has 1 atom stereocenters. The number of ether oxygens (including phenoxy) is 1. The second-order valence-corrected chi connectivity index (χ2v) is 8.32. The first-order chi connectivity index (χ1) is 12.6. The van der Waals surface area contributed by atoms with Crippen LogP contribution >= 0.6 is 0 Å². The van der Waals surface area contributed by atoms with Gasteiger partial charge in [0, 0.05) is 19.8 Å². The van der Waals surface area contributed by atoms with Gasteiger partial charge in [-0.3, -0.25) is 4.79 Å². The molecular weight excluding hydrogens is 368 g/mol. The summed E-state index contributed by atoms with van der Waals surface area (Å²) in [6.07, 6.45) is -1.05. The highest BCUT2D eigenvalue weighted by Gasteiger charge is 2.23. The van der Waals surface area contributed by atoms with E-state index in [2.05, 4.69) is 5.32 Å². The second kappa shape index (κ2) is 8.32. The molecule has 2 rings (SSSR count). The fourth-order valence-corrected chi connectivity index (χ4v) is 3.16. The van der Waals surface area contributed by atoms with Crippen molar-refractivity contribution in [3.8, 4) is 0 Å². The summed E-state index contributed by atoms with van der Waals surface area (Å²) >= 11 is 0. The number of esters is 1. The molecule has 0 unspecified atom stereocenters. The van der Waals surface area contributed by atoms with Crippen molar-refractivity contribution in [2.75, 3.05) is 19.4 Å². The third-order valence-electron chi connectivity index (χ3n) is 3.90. The number of para-hydroxylation sites is 1. The number of aryl methyl sites for hydroxylation is 1. The van der Waals surface area contributed by atoms with E-state index >= 15 is 0 Å². The monoisotopic (exact) mass is 390 g/mol. The summed E-state index contributed by atoms with van der Waals surface area (Å²) in [5, 5.41) is 2.64. The Morgan fingerprint density at radius 3 is 2.30 bits per heavy atom. The Morgan fingerprint density at radius 2 is 1.70 bits per heavy atom. The van der Waals surface area contributed by atoms with E-state index in [1.54, 1.807) is 31.2 Å². The Hall–Kier alpha value is -2.71. The van der Waals surface area contributed by atoms with Crippen LogP contribution in [0, 0.1) is 6.92 Å². The van der Waals surface area contributed by atoms with E-state index in [1.165, 1.54) is 39.2 Å². The first-order valence-electron chi connectivity index (χ1n) is 8.23. The van der Waals surface area contributed by atoms with Crippen molar-refractivity contribution >= 4 is 27.6 Å². The van der Waals surface area contributed by atoms with E-state index in [1.807, 2.05) is 6.07 Å². The number of hydrogen-bond acceptors (Lipinski definition) is 5. The number of rotatable bonds is 6. The largest absolute Gasteiger partial charge is 0.449 e. The minimum Gasteiger partial charge on any atom is -0.449 e. The maximum absolute atomic E-state index is 12.5. The van der Waals surface area contributed by atoms with Crippen LogP contribution in [0.15, 0.2) is 53.4 Å². The average Bonchev–Trinajstić information content (AvgIpc) is 2.62. The fraction of sp³-hybridized carbons (Fsp3) is 0.263. The minimum atomic E-state index is -3.69. The number of sulfonamides is 1. The van der Waals surface area contributed by atoms with E-state index in [0.29, 0.717) is 11.3 Å². The predicted octanol–water partition coefficient (Wildman–Crippen LogP) is 2.43. The number of hydrogen-bond donors (Lipinski definition) is 1. The van der Waals surface area contributed by atoms with E-state index in [4.69, 9.17) is 4.74 Å². The first kappa shape index (κ1) is 20.6. The molecule has 0 aliphatic rings. The van der Waals surface area contributed by atoms with Crippen molar-refractivity contribution in [1.82, 2.24) is 4.31 Å². The van der Waals surface area contributed by atoms with E-state index in [-0.39, 0.29) is 10.5 Å². The number of carbonyl (C=O) groups is 2. The molecule has 2 aromatic rings. The smallest absolute Gasteiger partial charge is 0.339 e. The SMILES string of the molecule is Cc1ccc(S(=O)(=O)N(C)C)cc1C(=O)O[C@@H](C)C(=O)Nc1ccccc1. The second-order valence-electron chi connectivity index (χ2n) is 6.17. The number of amides is 1. The van der Waals surface area contributed by atoms with E-state index < -0.39 is 28.0 Å². The number of nitrogens with one attached hydrogen (secondary N) is 1. The zero-order chi connectivity index (χ0) is 20.2. The highest BCUT2D eigenvalue weighted by molar-refractivity contribution is 7.89. The van der Waals surface area contributed by atoms with Gasteiger partial charge >= 0.3 is 5.97 Å². The summed E-state index contributed by atoms with van der Waals surface area (Å²) in [7, 11) is -0.877. The van der Waals surface area contributed by atoms with Gasteiger partial charge in [-0.05, 0) is 43.7 Å². The Bertz CT molecular complexity index is 940. The summed E-state index contributed by atoms with van der Waals surface area (Å²) in [6, 6.07) is 13.0. The molecule has 0 aliphatic heterocycles. The third kappa shape index (κ3) is 4.93. The highest BCUT2D eigenvalue weighted by atomic mass is 32.2. The molecule has 0 spiro atoms. The van der Waals surface area contributed by atoms with Crippen molar-refractivity contribution < 1.29 is 22.7 Å². The van der Waals surface area contributed by atoms with Crippen molar-refractivity contribution in [2.24, 2.45) is 0 Å². The summed E-state index contributed by atoms with van der Waals surface area (Å²) < 4.78 is 30.8. The molecule has 0 aromatic heterocycles. The van der Waals surface area contributed by atoms with Crippen LogP contribution in [-0.4, -0.2) is 44.8 Å². The van der Waals surface area contributed by atoms with Crippen molar-refractivity contribution in [2.45, 2.75) is 24.8 Å². The van der Waals surface area contributed by atoms with Crippen molar-refractivity contribution in [1.29, 1.82) is 0 Å². The normalized spacial score (nSPS) is 12.5. The lowest BCUT2D eigenvalue weighted by Gasteiger charge is -2.16. The molecule has 144 valence electrons. The molecule has 2 aromatic carbocycles. The topological polar surface area (TPSA) is 92.8 Å². The van der Waals surface area contributed by atoms with Crippen molar-refractivity contribution in [3.63, 3.8) is 0 Å². The quantitative estimate of drug-likeness (QED) is 0.765. The molecule has 0 radical (unpaired) electrons. The highest BCUT2D eigenvalue weighted by Crippen LogP contribution is 2.19. The lowest BCUT2D eigenvalue weighted by molar-refractivity contribution is -0.123. The Labute approximate surface area is 159 Å². The van der Waals surface area contributed by atoms with Gasteiger partial charge in [0.2, 0.25) is 10.0 Å². The predicted molar refractivity (Wildman–Crippen MR) is 102 cm³/mol. The molecule has 0 bridgehead atoms. The maximum atomic E-state index is 12.5. The van der Waals surface area contributed by atoms with Gasteiger partial charge in [-0.15, -0.1) is 0 Å². The van der Waals surface area contributed by atoms with Gasteiger partial charge in [-0.1, -0.05) is 24.3 Å². The van der Waals surface area contributed by atoms with Gasteiger partial charge in [0.1, 0.15) is 0 Å². The lowest BCUT2D eigenvalue weighted by Crippen LogP contribution is -2.30. The molecule has 1 amide bonds. The van der Waals surface area contributed by atoms with Gasteiger partial charge in [-0.2, -0.15) is 0 Å². The van der Waals surface area contributed by atoms with Crippen LogP contribution in [0.2, 0.25) is 0 Å². The van der Waals surface area contributed by atoms with Gasteiger partial charge in [-0.25, -0.2) is 17.5 Å². The van der Waals surface area contributed by atoms with E-state index in [0.717, 1.165) is 4.31 Å². The summed E-state index contributed by atoms with van der Waals surface area (Å²) in [5.74, 6) is -1.25. The minimum absolute atomic E-state index is 0.0218.